The van der Waals surface area contributed by atoms with Crippen LogP contribution in [0.15, 0.2) is 40.9 Å². The standard InChI is InChI=1S/C15H13BrN2O2/c16-11-2-3-13(17)12(6-11)15(19)18-7-9-1-4-14-10(5-9)8-20-14/h1-6H,7-8,17H2,(H,18,19). The van der Waals surface area contributed by atoms with Crippen molar-refractivity contribution in [3.8, 4) is 5.75 Å². The second kappa shape index (κ2) is 5.17. The summed E-state index contributed by atoms with van der Waals surface area (Å²) in [5.74, 6) is 0.749. The molecule has 5 heteroatoms. The lowest BCUT2D eigenvalue weighted by Gasteiger charge is -2.20. The van der Waals surface area contributed by atoms with Gasteiger partial charge in [0.2, 0.25) is 0 Å². The highest BCUT2D eigenvalue weighted by Crippen LogP contribution is 2.29. The fourth-order valence-corrected chi connectivity index (χ4v) is 2.44. The van der Waals surface area contributed by atoms with Gasteiger partial charge in [-0.1, -0.05) is 22.0 Å². The van der Waals surface area contributed by atoms with Crippen molar-refractivity contribution in [3.63, 3.8) is 0 Å². The predicted molar refractivity (Wildman–Crippen MR) is 80.5 cm³/mol. The van der Waals surface area contributed by atoms with Crippen molar-refractivity contribution >= 4 is 27.5 Å². The zero-order valence-corrected chi connectivity index (χ0v) is 12.2. The van der Waals surface area contributed by atoms with Gasteiger partial charge in [0.15, 0.2) is 0 Å². The van der Waals surface area contributed by atoms with Crippen LogP contribution in [0.1, 0.15) is 21.5 Å². The SMILES string of the molecule is Nc1ccc(Br)cc1C(=O)NCc1ccc2c(c1)CO2. The first-order chi connectivity index (χ1) is 9.63. The van der Waals surface area contributed by atoms with Gasteiger partial charge >= 0.3 is 0 Å². The Kier molecular flexibility index (Phi) is 3.36. The van der Waals surface area contributed by atoms with Crippen molar-refractivity contribution in [1.82, 2.24) is 5.32 Å². The molecular weight excluding hydrogens is 320 g/mol. The molecule has 0 saturated carbocycles. The lowest BCUT2D eigenvalue weighted by Crippen LogP contribution is -2.24. The minimum absolute atomic E-state index is 0.178. The number of anilines is 1. The molecule has 4 nitrogen and oxygen atoms in total. The third-order valence-corrected chi connectivity index (χ3v) is 3.71. The number of amides is 1. The number of benzene rings is 2. The number of nitrogens with two attached hydrogens (primary N) is 1. The molecule has 0 fully saturated rings. The van der Waals surface area contributed by atoms with Crippen LogP contribution in [0.5, 0.6) is 5.75 Å². The number of halogens is 1. The molecule has 20 heavy (non-hydrogen) atoms. The summed E-state index contributed by atoms with van der Waals surface area (Å²) in [6, 6.07) is 11.2. The molecule has 0 aliphatic carbocycles. The molecule has 2 aromatic carbocycles. The largest absolute Gasteiger partial charge is 0.488 e. The van der Waals surface area contributed by atoms with Crippen molar-refractivity contribution in [2.24, 2.45) is 0 Å². The van der Waals surface area contributed by atoms with E-state index in [0.29, 0.717) is 24.4 Å². The predicted octanol–water partition coefficient (Wildman–Crippen LogP) is 2.85. The van der Waals surface area contributed by atoms with Crippen LogP contribution in [0.2, 0.25) is 0 Å². The van der Waals surface area contributed by atoms with E-state index in [0.717, 1.165) is 15.8 Å². The van der Waals surface area contributed by atoms with Gasteiger partial charge in [-0.05, 0) is 35.9 Å². The van der Waals surface area contributed by atoms with Gasteiger partial charge in [-0.15, -0.1) is 0 Å². The highest BCUT2D eigenvalue weighted by Gasteiger charge is 2.15. The molecule has 1 aliphatic rings. The first-order valence-electron chi connectivity index (χ1n) is 6.21. The number of hydrogen-bond acceptors (Lipinski definition) is 3. The first kappa shape index (κ1) is 13.0. The molecule has 102 valence electrons. The molecule has 3 rings (SSSR count). The molecule has 0 radical (unpaired) electrons. The summed E-state index contributed by atoms with van der Waals surface area (Å²) >= 11 is 3.34. The molecule has 2 aromatic rings. The average molecular weight is 333 g/mol. The Morgan fingerprint density at radius 2 is 2.15 bits per heavy atom. The topological polar surface area (TPSA) is 64.4 Å². The molecule has 1 heterocycles. The fourth-order valence-electron chi connectivity index (χ4n) is 2.07. The Morgan fingerprint density at radius 3 is 2.85 bits per heavy atom. The van der Waals surface area contributed by atoms with Crippen LogP contribution in [0, 0.1) is 0 Å². The summed E-state index contributed by atoms with van der Waals surface area (Å²) in [5, 5.41) is 2.87. The molecule has 3 N–H and O–H groups in total. The van der Waals surface area contributed by atoms with Crippen molar-refractivity contribution < 1.29 is 9.53 Å². The van der Waals surface area contributed by atoms with Crippen LogP contribution < -0.4 is 15.8 Å². The summed E-state index contributed by atoms with van der Waals surface area (Å²) in [7, 11) is 0. The van der Waals surface area contributed by atoms with Crippen molar-refractivity contribution in [3.05, 3.63) is 57.6 Å². The third-order valence-electron chi connectivity index (χ3n) is 3.22. The normalized spacial score (nSPS) is 12.1. The van der Waals surface area contributed by atoms with Crippen molar-refractivity contribution in [2.45, 2.75) is 13.2 Å². The van der Waals surface area contributed by atoms with Crippen LogP contribution in [0.3, 0.4) is 0 Å². The number of rotatable bonds is 3. The summed E-state index contributed by atoms with van der Waals surface area (Å²) in [4.78, 5) is 12.1. The van der Waals surface area contributed by atoms with Crippen LogP contribution in [0.25, 0.3) is 0 Å². The second-order valence-electron chi connectivity index (χ2n) is 4.65. The Bertz CT molecular complexity index is 686. The maximum atomic E-state index is 12.1. The fraction of sp³-hybridized carbons (Fsp3) is 0.133. The molecule has 0 bridgehead atoms. The summed E-state index contributed by atoms with van der Waals surface area (Å²) < 4.78 is 6.07. The highest BCUT2D eigenvalue weighted by molar-refractivity contribution is 9.10. The first-order valence-corrected chi connectivity index (χ1v) is 7.00. The zero-order valence-electron chi connectivity index (χ0n) is 10.7. The Balaban J connectivity index is 1.69. The van der Waals surface area contributed by atoms with Gasteiger partial charge in [0.25, 0.3) is 5.91 Å². The van der Waals surface area contributed by atoms with E-state index in [9.17, 15) is 4.79 Å². The molecule has 0 unspecified atom stereocenters. The smallest absolute Gasteiger partial charge is 0.253 e. The number of carbonyl (C=O) groups is 1. The van der Waals surface area contributed by atoms with E-state index in [2.05, 4.69) is 21.2 Å². The molecular formula is C15H13BrN2O2. The van der Waals surface area contributed by atoms with E-state index >= 15 is 0 Å². The van der Waals surface area contributed by atoms with Crippen LogP contribution >= 0.6 is 15.9 Å². The molecule has 1 amide bonds. The second-order valence-corrected chi connectivity index (χ2v) is 5.56. The minimum Gasteiger partial charge on any atom is -0.488 e. The number of carbonyl (C=O) groups excluding carboxylic acids is 1. The highest BCUT2D eigenvalue weighted by atomic mass is 79.9. The van der Waals surface area contributed by atoms with E-state index in [4.69, 9.17) is 10.5 Å². The number of nitrogen functional groups attached to an aromatic ring is 1. The van der Waals surface area contributed by atoms with Crippen molar-refractivity contribution in [2.75, 3.05) is 5.73 Å². The lowest BCUT2D eigenvalue weighted by molar-refractivity contribution is 0.0951. The maximum absolute atomic E-state index is 12.1. The van der Waals surface area contributed by atoms with E-state index < -0.39 is 0 Å². The van der Waals surface area contributed by atoms with Gasteiger partial charge in [-0.3, -0.25) is 4.79 Å². The monoisotopic (exact) mass is 332 g/mol. The minimum atomic E-state index is -0.178. The summed E-state index contributed by atoms with van der Waals surface area (Å²) in [6.45, 7) is 1.12. The molecule has 0 atom stereocenters. The quantitative estimate of drug-likeness (QED) is 0.849. The number of ether oxygens (including phenoxy) is 1. The Hall–Kier alpha value is -2.01. The van der Waals surface area contributed by atoms with Crippen LogP contribution in [-0.4, -0.2) is 5.91 Å². The van der Waals surface area contributed by atoms with Gasteiger partial charge < -0.3 is 15.8 Å². The van der Waals surface area contributed by atoms with Gasteiger partial charge in [-0.25, -0.2) is 0 Å². The molecule has 0 spiro atoms. The van der Waals surface area contributed by atoms with E-state index in [-0.39, 0.29) is 5.91 Å². The Morgan fingerprint density at radius 1 is 1.30 bits per heavy atom. The Labute approximate surface area is 125 Å². The molecule has 0 saturated heterocycles. The van der Waals surface area contributed by atoms with Crippen molar-refractivity contribution in [1.29, 1.82) is 0 Å². The van der Waals surface area contributed by atoms with Gasteiger partial charge in [0.05, 0.1) is 5.56 Å². The third kappa shape index (κ3) is 2.49. The number of fused-ring (bicyclic) bond motifs is 1. The van der Waals surface area contributed by atoms with Crippen LogP contribution in [-0.2, 0) is 13.2 Å². The number of nitrogens with one attached hydrogen (secondary N) is 1. The van der Waals surface area contributed by atoms with E-state index in [1.807, 2.05) is 24.3 Å². The molecule has 0 aromatic heterocycles. The van der Waals surface area contributed by atoms with Gasteiger partial charge in [-0.2, -0.15) is 0 Å². The van der Waals surface area contributed by atoms with E-state index in [1.165, 1.54) is 5.56 Å². The lowest BCUT2D eigenvalue weighted by atomic mass is 10.1. The summed E-state index contributed by atoms with van der Waals surface area (Å²) in [6.07, 6.45) is 0. The summed E-state index contributed by atoms with van der Waals surface area (Å²) in [5.41, 5.74) is 8.99. The van der Waals surface area contributed by atoms with E-state index in [1.54, 1.807) is 12.1 Å². The zero-order chi connectivity index (χ0) is 14.1. The van der Waals surface area contributed by atoms with Gasteiger partial charge in [0.1, 0.15) is 12.4 Å². The average Bonchev–Trinajstić information content (AvgIpc) is 2.41. The van der Waals surface area contributed by atoms with Crippen LogP contribution in [0.4, 0.5) is 5.69 Å². The number of hydrogen-bond donors (Lipinski definition) is 2. The maximum Gasteiger partial charge on any atom is 0.253 e. The van der Waals surface area contributed by atoms with Gasteiger partial charge in [0, 0.05) is 22.3 Å². The molecule has 1 aliphatic heterocycles.